The lowest BCUT2D eigenvalue weighted by atomic mass is 10.2. The van der Waals surface area contributed by atoms with Crippen LogP contribution < -0.4 is 5.32 Å². The molecule has 0 aliphatic rings. The number of methoxy groups -OCH3 is 1. The Hall–Kier alpha value is -2.65. The van der Waals surface area contributed by atoms with Crippen LogP contribution in [-0.2, 0) is 9.53 Å². The Kier molecular flexibility index (Phi) is 6.25. The molecule has 0 atom stereocenters. The van der Waals surface area contributed by atoms with E-state index in [9.17, 15) is 9.59 Å². The average Bonchev–Trinajstić information content (AvgIpc) is 3.16. The van der Waals surface area contributed by atoms with Gasteiger partial charge in [-0.2, -0.15) is 0 Å². The summed E-state index contributed by atoms with van der Waals surface area (Å²) >= 11 is 4.51. The van der Waals surface area contributed by atoms with Gasteiger partial charge in [-0.1, -0.05) is 27.7 Å². The zero-order chi connectivity index (χ0) is 19.2. The van der Waals surface area contributed by atoms with Gasteiger partial charge in [0.25, 0.3) is 5.22 Å². The number of hydrogen-bond donors (Lipinski definition) is 1. The molecule has 0 saturated heterocycles. The van der Waals surface area contributed by atoms with Gasteiger partial charge < -0.3 is 14.5 Å². The number of halogens is 1. The monoisotopic (exact) mass is 447 g/mol. The Morgan fingerprint density at radius 1 is 1.11 bits per heavy atom. The number of nitrogens with one attached hydrogen (secondary N) is 1. The van der Waals surface area contributed by atoms with Crippen molar-refractivity contribution in [1.82, 2.24) is 10.2 Å². The summed E-state index contributed by atoms with van der Waals surface area (Å²) in [7, 11) is 1.31. The molecule has 0 aliphatic heterocycles. The van der Waals surface area contributed by atoms with Crippen LogP contribution >= 0.6 is 27.7 Å². The quantitative estimate of drug-likeness (QED) is 0.450. The van der Waals surface area contributed by atoms with Crippen LogP contribution in [0.25, 0.3) is 11.5 Å². The molecule has 1 heterocycles. The van der Waals surface area contributed by atoms with E-state index in [1.54, 1.807) is 24.3 Å². The van der Waals surface area contributed by atoms with Gasteiger partial charge >= 0.3 is 5.97 Å². The number of carbonyl (C=O) groups is 2. The van der Waals surface area contributed by atoms with Crippen molar-refractivity contribution < 1.29 is 18.7 Å². The number of aromatic nitrogens is 2. The molecule has 0 radical (unpaired) electrons. The van der Waals surface area contributed by atoms with Crippen molar-refractivity contribution in [1.29, 1.82) is 0 Å². The molecule has 0 unspecified atom stereocenters. The second kappa shape index (κ2) is 8.83. The highest BCUT2D eigenvalue weighted by molar-refractivity contribution is 9.10. The first-order valence-corrected chi connectivity index (χ1v) is 9.53. The van der Waals surface area contributed by atoms with E-state index in [1.807, 2.05) is 24.3 Å². The fourth-order valence-electron chi connectivity index (χ4n) is 2.11. The highest BCUT2D eigenvalue weighted by atomic mass is 79.9. The van der Waals surface area contributed by atoms with E-state index < -0.39 is 5.97 Å². The van der Waals surface area contributed by atoms with E-state index in [1.165, 1.54) is 7.11 Å². The first-order valence-electron chi connectivity index (χ1n) is 7.75. The molecule has 9 heteroatoms. The van der Waals surface area contributed by atoms with Crippen molar-refractivity contribution in [3.63, 3.8) is 0 Å². The Labute approximate surface area is 167 Å². The van der Waals surface area contributed by atoms with Gasteiger partial charge in [-0.05, 0) is 48.5 Å². The van der Waals surface area contributed by atoms with Gasteiger partial charge in [0.2, 0.25) is 11.8 Å². The second-order valence-corrected chi connectivity index (χ2v) is 7.13. The highest BCUT2D eigenvalue weighted by Crippen LogP contribution is 2.24. The summed E-state index contributed by atoms with van der Waals surface area (Å²) in [5.74, 6) is -0.153. The zero-order valence-electron chi connectivity index (χ0n) is 14.1. The van der Waals surface area contributed by atoms with Gasteiger partial charge in [-0.3, -0.25) is 4.79 Å². The number of hydrogen-bond acceptors (Lipinski definition) is 7. The minimum Gasteiger partial charge on any atom is -0.465 e. The summed E-state index contributed by atoms with van der Waals surface area (Å²) in [6.45, 7) is 0. The molecule has 1 N–H and O–H groups in total. The number of ether oxygens (including phenoxy) is 1. The maximum atomic E-state index is 12.1. The van der Waals surface area contributed by atoms with E-state index in [2.05, 4.69) is 36.2 Å². The summed E-state index contributed by atoms with van der Waals surface area (Å²) in [5, 5.41) is 11.0. The fraction of sp³-hybridized carbons (Fsp3) is 0.111. The molecule has 3 rings (SSSR count). The molecule has 3 aromatic rings. The number of benzene rings is 2. The summed E-state index contributed by atoms with van der Waals surface area (Å²) < 4.78 is 11.1. The average molecular weight is 448 g/mol. The molecule has 2 aromatic carbocycles. The van der Waals surface area contributed by atoms with Gasteiger partial charge in [-0.25, -0.2) is 4.79 Å². The lowest BCUT2D eigenvalue weighted by molar-refractivity contribution is -0.113. The van der Waals surface area contributed by atoms with Crippen LogP contribution in [0.4, 0.5) is 5.69 Å². The van der Waals surface area contributed by atoms with E-state index in [0.29, 0.717) is 22.4 Å². The third-order valence-electron chi connectivity index (χ3n) is 3.41. The van der Waals surface area contributed by atoms with Crippen molar-refractivity contribution in [2.24, 2.45) is 0 Å². The number of amides is 1. The van der Waals surface area contributed by atoms with Gasteiger partial charge in [-0.15, -0.1) is 10.2 Å². The molecular formula is C18H14BrN3O4S. The Bertz CT molecular complexity index is 942. The van der Waals surface area contributed by atoms with Crippen LogP contribution in [0.5, 0.6) is 0 Å². The lowest BCUT2D eigenvalue weighted by Crippen LogP contribution is -2.14. The van der Waals surface area contributed by atoms with Crippen molar-refractivity contribution in [2.75, 3.05) is 18.2 Å². The van der Waals surface area contributed by atoms with Crippen LogP contribution in [-0.4, -0.2) is 34.9 Å². The van der Waals surface area contributed by atoms with Crippen LogP contribution in [0.1, 0.15) is 10.4 Å². The minimum absolute atomic E-state index is 0.112. The number of rotatable bonds is 6. The third-order valence-corrected chi connectivity index (χ3v) is 4.76. The molecule has 1 aromatic heterocycles. The van der Waals surface area contributed by atoms with Gasteiger partial charge in [0.05, 0.1) is 18.4 Å². The van der Waals surface area contributed by atoms with E-state index in [0.717, 1.165) is 21.8 Å². The second-order valence-electron chi connectivity index (χ2n) is 5.29. The van der Waals surface area contributed by atoms with Gasteiger partial charge in [0, 0.05) is 15.7 Å². The van der Waals surface area contributed by atoms with Crippen LogP contribution in [0.3, 0.4) is 0 Å². The van der Waals surface area contributed by atoms with E-state index >= 15 is 0 Å². The van der Waals surface area contributed by atoms with Crippen molar-refractivity contribution in [3.05, 3.63) is 58.6 Å². The Morgan fingerprint density at radius 3 is 2.48 bits per heavy atom. The molecule has 7 nitrogen and oxygen atoms in total. The molecule has 0 aliphatic carbocycles. The fourth-order valence-corrected chi connectivity index (χ4v) is 2.94. The topological polar surface area (TPSA) is 94.3 Å². The maximum absolute atomic E-state index is 12.1. The van der Waals surface area contributed by atoms with Gasteiger partial charge in [0.1, 0.15) is 0 Å². The number of nitrogens with zero attached hydrogens (tertiary/aromatic N) is 2. The summed E-state index contributed by atoms with van der Waals surface area (Å²) in [6, 6.07) is 13.9. The van der Waals surface area contributed by atoms with Crippen molar-refractivity contribution >= 4 is 45.3 Å². The molecular weight excluding hydrogens is 434 g/mol. The number of thioether (sulfide) groups is 1. The van der Waals surface area contributed by atoms with Crippen LogP contribution in [0, 0.1) is 0 Å². The van der Waals surface area contributed by atoms with Crippen LogP contribution in [0.15, 0.2) is 62.6 Å². The SMILES string of the molecule is COC(=O)c1ccc(NC(=O)CSc2nnc(-c3ccc(Br)cc3)o2)cc1. The molecule has 27 heavy (non-hydrogen) atoms. The van der Waals surface area contributed by atoms with Crippen LogP contribution in [0.2, 0.25) is 0 Å². The normalized spacial score (nSPS) is 10.4. The van der Waals surface area contributed by atoms with Crippen molar-refractivity contribution in [3.8, 4) is 11.5 Å². The van der Waals surface area contributed by atoms with E-state index in [-0.39, 0.29) is 11.7 Å². The summed E-state index contributed by atoms with van der Waals surface area (Å²) in [6.07, 6.45) is 0. The molecule has 0 fully saturated rings. The summed E-state index contributed by atoms with van der Waals surface area (Å²) in [4.78, 5) is 23.4. The smallest absolute Gasteiger partial charge is 0.337 e. The first-order chi connectivity index (χ1) is 13.0. The third kappa shape index (κ3) is 5.18. The molecule has 0 spiro atoms. The predicted molar refractivity (Wildman–Crippen MR) is 105 cm³/mol. The van der Waals surface area contributed by atoms with Gasteiger partial charge in [0.15, 0.2) is 0 Å². The summed E-state index contributed by atoms with van der Waals surface area (Å²) in [5.41, 5.74) is 1.79. The number of carbonyl (C=O) groups excluding carboxylic acids is 2. The minimum atomic E-state index is -0.429. The largest absolute Gasteiger partial charge is 0.465 e. The number of esters is 1. The Balaban J connectivity index is 1.53. The van der Waals surface area contributed by atoms with E-state index in [4.69, 9.17) is 4.42 Å². The molecule has 0 saturated carbocycles. The molecule has 1 amide bonds. The predicted octanol–water partition coefficient (Wildman–Crippen LogP) is 4.02. The molecule has 138 valence electrons. The first kappa shape index (κ1) is 19.1. The lowest BCUT2D eigenvalue weighted by Gasteiger charge is -2.05. The maximum Gasteiger partial charge on any atom is 0.337 e. The standard InChI is InChI=1S/C18H14BrN3O4S/c1-25-17(24)12-4-8-14(9-5-12)20-15(23)10-27-18-22-21-16(26-18)11-2-6-13(19)7-3-11/h2-9H,10H2,1H3,(H,20,23). The van der Waals surface area contributed by atoms with Crippen molar-refractivity contribution in [2.45, 2.75) is 5.22 Å². The highest BCUT2D eigenvalue weighted by Gasteiger charge is 2.12. The Morgan fingerprint density at radius 2 is 1.81 bits per heavy atom. The zero-order valence-corrected chi connectivity index (χ0v) is 16.5. The number of anilines is 1. The molecule has 0 bridgehead atoms.